The molecule has 0 radical (unpaired) electrons. The van der Waals surface area contributed by atoms with E-state index in [9.17, 15) is 9.59 Å². The maximum atomic E-state index is 11.8. The molecule has 0 aromatic heterocycles. The van der Waals surface area contributed by atoms with E-state index in [1.807, 2.05) is 18.2 Å². The zero-order chi connectivity index (χ0) is 13.5. The Balaban J connectivity index is 2.89. The Bertz CT molecular complexity index is 404. The van der Waals surface area contributed by atoms with E-state index in [4.69, 9.17) is 4.74 Å². The van der Waals surface area contributed by atoms with Crippen LogP contribution in [0.25, 0.3) is 0 Å². The summed E-state index contributed by atoms with van der Waals surface area (Å²) >= 11 is 0. The highest BCUT2D eigenvalue weighted by atomic mass is 16.6. The van der Waals surface area contributed by atoms with Crippen LogP contribution in [0.15, 0.2) is 30.3 Å². The van der Waals surface area contributed by atoms with E-state index in [1.54, 1.807) is 33.2 Å². The van der Waals surface area contributed by atoms with E-state index in [0.29, 0.717) is 5.69 Å². The Morgan fingerprint density at radius 3 is 2.28 bits per heavy atom. The molecule has 0 aliphatic heterocycles. The lowest BCUT2D eigenvalue weighted by atomic mass is 10.3. The van der Waals surface area contributed by atoms with E-state index >= 15 is 0 Å². The molecule has 5 nitrogen and oxygen atoms in total. The lowest BCUT2D eigenvalue weighted by Crippen LogP contribution is -2.40. The molecule has 0 unspecified atom stereocenters. The van der Waals surface area contributed by atoms with Gasteiger partial charge < -0.3 is 9.64 Å². The largest absolute Gasteiger partial charge is 0.449 e. The van der Waals surface area contributed by atoms with E-state index in [2.05, 4.69) is 0 Å². The van der Waals surface area contributed by atoms with Crippen LogP contribution in [-0.4, -0.2) is 44.1 Å². The molecule has 5 heteroatoms. The summed E-state index contributed by atoms with van der Waals surface area (Å²) in [5.41, 5.74) is 0.645. The fourth-order valence-electron chi connectivity index (χ4n) is 1.35. The highest BCUT2D eigenvalue weighted by molar-refractivity contribution is 5.94. The molecule has 0 fully saturated rings. The predicted molar refractivity (Wildman–Crippen MR) is 69.5 cm³/mol. The first-order valence-electron chi connectivity index (χ1n) is 5.75. The molecule has 0 N–H and O–H groups in total. The molecular formula is C13H18N2O3. The molecule has 0 atom stereocenters. The molecule has 0 saturated heterocycles. The van der Waals surface area contributed by atoms with Gasteiger partial charge in [-0.15, -0.1) is 0 Å². The maximum absolute atomic E-state index is 11.8. The highest BCUT2D eigenvalue weighted by Gasteiger charge is 2.20. The highest BCUT2D eigenvalue weighted by Crippen LogP contribution is 2.14. The molecule has 1 rings (SSSR count). The van der Waals surface area contributed by atoms with Crippen molar-refractivity contribution in [2.24, 2.45) is 0 Å². The molecule has 1 aromatic carbocycles. The van der Waals surface area contributed by atoms with Gasteiger partial charge in [0.2, 0.25) is 5.91 Å². The Morgan fingerprint density at radius 2 is 1.78 bits per heavy atom. The first-order valence-corrected chi connectivity index (χ1v) is 5.75. The molecule has 0 heterocycles. The average Bonchev–Trinajstić information content (AvgIpc) is 2.36. The van der Waals surface area contributed by atoms with Crippen LogP contribution in [0, 0.1) is 0 Å². The Kier molecular flexibility index (Phi) is 5.17. The number of rotatable bonds is 4. The van der Waals surface area contributed by atoms with Crippen molar-refractivity contribution in [2.75, 3.05) is 32.1 Å². The van der Waals surface area contributed by atoms with Gasteiger partial charge in [-0.2, -0.15) is 0 Å². The first-order chi connectivity index (χ1) is 8.56. The molecule has 0 aliphatic rings. The summed E-state index contributed by atoms with van der Waals surface area (Å²) in [5, 5.41) is 0. The first kappa shape index (κ1) is 14.0. The van der Waals surface area contributed by atoms with Gasteiger partial charge >= 0.3 is 6.09 Å². The van der Waals surface area contributed by atoms with Crippen LogP contribution in [0.2, 0.25) is 0 Å². The van der Waals surface area contributed by atoms with Crippen molar-refractivity contribution in [1.29, 1.82) is 0 Å². The second kappa shape index (κ2) is 6.64. The van der Waals surface area contributed by atoms with Crippen LogP contribution in [0.3, 0.4) is 0 Å². The van der Waals surface area contributed by atoms with Gasteiger partial charge in [0.05, 0.1) is 6.61 Å². The van der Waals surface area contributed by atoms with Gasteiger partial charge in [0, 0.05) is 19.8 Å². The van der Waals surface area contributed by atoms with E-state index in [1.165, 1.54) is 9.80 Å². The number of hydrogen-bond donors (Lipinski definition) is 0. The topological polar surface area (TPSA) is 49.9 Å². The summed E-state index contributed by atoms with van der Waals surface area (Å²) in [6, 6.07) is 8.99. The summed E-state index contributed by atoms with van der Waals surface area (Å²) in [6.45, 7) is 1.98. The maximum Gasteiger partial charge on any atom is 0.414 e. The number of para-hydroxylation sites is 1. The number of likely N-dealkylation sites (N-methyl/N-ethyl adjacent to an activating group) is 1. The third-order valence-electron chi connectivity index (χ3n) is 2.35. The fraction of sp³-hybridized carbons (Fsp3) is 0.385. The summed E-state index contributed by atoms with van der Waals surface area (Å²) in [4.78, 5) is 26.3. The minimum atomic E-state index is -0.515. The Labute approximate surface area is 107 Å². The van der Waals surface area contributed by atoms with Crippen molar-refractivity contribution in [2.45, 2.75) is 6.92 Å². The van der Waals surface area contributed by atoms with Gasteiger partial charge in [0.15, 0.2) is 0 Å². The molecule has 0 saturated carbocycles. The van der Waals surface area contributed by atoms with Crippen molar-refractivity contribution in [1.82, 2.24) is 4.90 Å². The van der Waals surface area contributed by atoms with Crippen molar-refractivity contribution in [3.63, 3.8) is 0 Å². The van der Waals surface area contributed by atoms with Gasteiger partial charge in [0.25, 0.3) is 0 Å². The molecule has 0 bridgehead atoms. The van der Waals surface area contributed by atoms with Crippen molar-refractivity contribution < 1.29 is 14.3 Å². The van der Waals surface area contributed by atoms with Gasteiger partial charge in [-0.3, -0.25) is 9.69 Å². The number of carbonyl (C=O) groups is 2. The number of benzene rings is 1. The SMILES string of the molecule is CCOC(=O)N(CC(=O)N(C)C)c1ccccc1. The van der Waals surface area contributed by atoms with Crippen LogP contribution in [0.4, 0.5) is 10.5 Å². The van der Waals surface area contributed by atoms with E-state index in [0.717, 1.165) is 0 Å². The summed E-state index contributed by atoms with van der Waals surface area (Å²) < 4.78 is 4.96. The molecular weight excluding hydrogens is 232 g/mol. The minimum Gasteiger partial charge on any atom is -0.449 e. The van der Waals surface area contributed by atoms with Crippen molar-refractivity contribution in [3.05, 3.63) is 30.3 Å². The standard InChI is InChI=1S/C13H18N2O3/c1-4-18-13(17)15(10-12(16)14(2)3)11-8-6-5-7-9-11/h5-9H,4,10H2,1-3H3. The monoisotopic (exact) mass is 250 g/mol. The third kappa shape index (κ3) is 3.76. The minimum absolute atomic E-state index is 0.0319. The normalized spacial score (nSPS) is 9.72. The number of carbonyl (C=O) groups excluding carboxylic acids is 2. The average molecular weight is 250 g/mol. The summed E-state index contributed by atoms with van der Waals surface area (Å²) in [7, 11) is 3.30. The van der Waals surface area contributed by atoms with Crippen molar-refractivity contribution >= 4 is 17.7 Å². The van der Waals surface area contributed by atoms with E-state index < -0.39 is 6.09 Å². The van der Waals surface area contributed by atoms with Gasteiger partial charge in [-0.1, -0.05) is 18.2 Å². The fourth-order valence-corrected chi connectivity index (χ4v) is 1.35. The molecule has 18 heavy (non-hydrogen) atoms. The quantitative estimate of drug-likeness (QED) is 0.817. The second-order valence-electron chi connectivity index (χ2n) is 3.91. The second-order valence-corrected chi connectivity index (χ2v) is 3.91. The predicted octanol–water partition coefficient (Wildman–Crippen LogP) is 1.74. The number of anilines is 1. The molecule has 98 valence electrons. The lowest BCUT2D eigenvalue weighted by molar-refractivity contribution is -0.127. The number of amides is 2. The zero-order valence-electron chi connectivity index (χ0n) is 10.9. The van der Waals surface area contributed by atoms with E-state index in [-0.39, 0.29) is 19.1 Å². The van der Waals surface area contributed by atoms with Crippen LogP contribution in [0.1, 0.15) is 6.92 Å². The zero-order valence-corrected chi connectivity index (χ0v) is 10.9. The smallest absolute Gasteiger partial charge is 0.414 e. The summed E-state index contributed by atoms with van der Waals surface area (Å²) in [5.74, 6) is -0.160. The summed E-state index contributed by atoms with van der Waals surface area (Å²) in [6.07, 6.45) is -0.515. The van der Waals surface area contributed by atoms with Crippen LogP contribution in [-0.2, 0) is 9.53 Å². The number of hydrogen-bond acceptors (Lipinski definition) is 3. The van der Waals surface area contributed by atoms with Crippen LogP contribution < -0.4 is 4.90 Å². The lowest BCUT2D eigenvalue weighted by Gasteiger charge is -2.23. The number of nitrogens with zero attached hydrogens (tertiary/aromatic N) is 2. The van der Waals surface area contributed by atoms with Crippen molar-refractivity contribution in [3.8, 4) is 0 Å². The molecule has 0 aliphatic carbocycles. The molecule has 1 aromatic rings. The van der Waals surface area contributed by atoms with Gasteiger partial charge in [0.1, 0.15) is 6.54 Å². The molecule has 2 amide bonds. The Morgan fingerprint density at radius 1 is 1.17 bits per heavy atom. The van der Waals surface area contributed by atoms with Crippen LogP contribution >= 0.6 is 0 Å². The van der Waals surface area contributed by atoms with Gasteiger partial charge in [-0.05, 0) is 19.1 Å². The number of ether oxygens (including phenoxy) is 1. The molecule has 0 spiro atoms. The van der Waals surface area contributed by atoms with Gasteiger partial charge in [-0.25, -0.2) is 4.79 Å². The van der Waals surface area contributed by atoms with Crippen LogP contribution in [0.5, 0.6) is 0 Å². The Hall–Kier alpha value is -2.04. The third-order valence-corrected chi connectivity index (χ3v) is 2.35.